The SMILES string of the molecule is [2H]c1c([2H])c([2H])c(-c2nc(-c3ccccc3)nc(-c3ccc4c(c3)oc3c(Cl)cc(-n5c6ccccc6c6ccccc65)cc34)n2)c([2H])c1[2H]. The van der Waals surface area contributed by atoms with Gasteiger partial charge in [0, 0.05) is 43.9 Å². The Kier molecular flexibility index (Phi) is 4.74. The van der Waals surface area contributed by atoms with Crippen molar-refractivity contribution < 1.29 is 11.3 Å². The van der Waals surface area contributed by atoms with E-state index in [0.29, 0.717) is 33.1 Å². The number of fused-ring (bicyclic) bond motifs is 6. The lowest BCUT2D eigenvalue weighted by Gasteiger charge is -2.09. The van der Waals surface area contributed by atoms with E-state index < -0.39 is 30.2 Å². The number of halogens is 1. The van der Waals surface area contributed by atoms with Crippen LogP contribution in [0.1, 0.15) is 6.85 Å². The van der Waals surface area contributed by atoms with Crippen molar-refractivity contribution in [2.45, 2.75) is 0 Å². The first kappa shape index (κ1) is 21.0. The highest BCUT2D eigenvalue weighted by molar-refractivity contribution is 6.36. The van der Waals surface area contributed by atoms with Gasteiger partial charge >= 0.3 is 0 Å². The fourth-order valence-corrected chi connectivity index (χ4v) is 6.24. The second kappa shape index (κ2) is 10.2. The highest BCUT2D eigenvalue weighted by atomic mass is 35.5. The van der Waals surface area contributed by atoms with Gasteiger partial charge in [0.2, 0.25) is 0 Å². The van der Waals surface area contributed by atoms with Gasteiger partial charge < -0.3 is 8.98 Å². The Labute approximate surface area is 270 Å². The second-order valence-corrected chi connectivity index (χ2v) is 11.1. The van der Waals surface area contributed by atoms with Crippen LogP contribution in [0, 0.1) is 0 Å². The summed E-state index contributed by atoms with van der Waals surface area (Å²) in [6, 6.07) is 33.2. The number of hydrogen-bond donors (Lipinski definition) is 0. The van der Waals surface area contributed by atoms with Crippen molar-refractivity contribution >= 4 is 55.3 Å². The van der Waals surface area contributed by atoms with Crippen molar-refractivity contribution in [2.24, 2.45) is 0 Å². The molecular weight excluding hydrogens is 576 g/mol. The molecule has 9 aromatic rings. The van der Waals surface area contributed by atoms with E-state index in [1.165, 1.54) is 0 Å². The molecule has 0 spiro atoms. The summed E-state index contributed by atoms with van der Waals surface area (Å²) in [6.07, 6.45) is 0. The molecule has 0 unspecified atom stereocenters. The van der Waals surface area contributed by atoms with Crippen molar-refractivity contribution in [3.05, 3.63) is 144 Å². The molecule has 0 saturated heterocycles. The molecule has 0 saturated carbocycles. The third kappa shape index (κ3) is 4.20. The predicted octanol–water partition coefficient (Wildman–Crippen LogP) is 10.5. The zero-order valence-electron chi connectivity index (χ0n) is 28.5. The predicted molar refractivity (Wildman–Crippen MR) is 183 cm³/mol. The minimum atomic E-state index is -0.489. The minimum absolute atomic E-state index is 0.0329. The fraction of sp³-hybridized carbons (Fsp3) is 0. The molecule has 0 aliphatic carbocycles. The van der Waals surface area contributed by atoms with Gasteiger partial charge in [-0.1, -0.05) is 115 Å². The number of furan rings is 1. The molecule has 0 amide bonds. The average Bonchev–Trinajstić information content (AvgIpc) is 3.69. The molecule has 0 aliphatic rings. The molecule has 3 heterocycles. The topological polar surface area (TPSA) is 56.7 Å². The molecule has 0 N–H and O–H groups in total. The van der Waals surface area contributed by atoms with Crippen molar-refractivity contribution in [3.8, 4) is 39.9 Å². The molecule has 0 atom stereocenters. The first-order valence-electron chi connectivity index (χ1n) is 16.8. The van der Waals surface area contributed by atoms with Gasteiger partial charge in [-0.05, 0) is 36.4 Å². The number of hydrogen-bond acceptors (Lipinski definition) is 4. The van der Waals surface area contributed by atoms with Gasteiger partial charge in [-0.2, -0.15) is 0 Å². The lowest BCUT2D eigenvalue weighted by atomic mass is 10.1. The molecule has 45 heavy (non-hydrogen) atoms. The summed E-state index contributed by atoms with van der Waals surface area (Å²) in [5.41, 5.74) is 5.30. The van der Waals surface area contributed by atoms with Crippen LogP contribution in [0.2, 0.25) is 5.02 Å². The lowest BCUT2D eigenvalue weighted by Crippen LogP contribution is -2.00. The molecule has 0 bridgehead atoms. The molecule has 9 rings (SSSR count). The van der Waals surface area contributed by atoms with Crippen molar-refractivity contribution in [1.82, 2.24) is 19.5 Å². The highest BCUT2D eigenvalue weighted by Gasteiger charge is 2.18. The van der Waals surface area contributed by atoms with Crippen LogP contribution >= 0.6 is 11.6 Å². The van der Waals surface area contributed by atoms with Crippen molar-refractivity contribution in [3.63, 3.8) is 0 Å². The van der Waals surface area contributed by atoms with Crippen LogP contribution in [0.15, 0.2) is 144 Å². The summed E-state index contributed by atoms with van der Waals surface area (Å²) in [5.74, 6) is 0.510. The van der Waals surface area contributed by atoms with E-state index >= 15 is 0 Å². The summed E-state index contributed by atoms with van der Waals surface area (Å²) >= 11 is 6.93. The fourth-order valence-electron chi connectivity index (χ4n) is 5.99. The normalized spacial score (nSPS) is 13.2. The van der Waals surface area contributed by atoms with E-state index in [-0.39, 0.29) is 17.2 Å². The van der Waals surface area contributed by atoms with Crippen LogP contribution in [0.3, 0.4) is 0 Å². The zero-order valence-corrected chi connectivity index (χ0v) is 24.2. The molecule has 212 valence electrons. The largest absolute Gasteiger partial charge is 0.454 e. The molecule has 0 radical (unpaired) electrons. The van der Waals surface area contributed by atoms with Crippen molar-refractivity contribution in [1.29, 1.82) is 0 Å². The lowest BCUT2D eigenvalue weighted by molar-refractivity contribution is 0.669. The van der Waals surface area contributed by atoms with E-state index in [2.05, 4.69) is 44.9 Å². The maximum absolute atomic E-state index is 8.57. The smallest absolute Gasteiger partial charge is 0.164 e. The molecule has 0 aliphatic heterocycles. The Morgan fingerprint density at radius 2 is 1.18 bits per heavy atom. The van der Waals surface area contributed by atoms with Gasteiger partial charge in [0.05, 0.1) is 22.9 Å². The molecule has 5 nitrogen and oxygen atoms in total. The van der Waals surface area contributed by atoms with E-state index in [0.717, 1.165) is 38.3 Å². The van der Waals surface area contributed by atoms with Crippen molar-refractivity contribution in [2.75, 3.05) is 0 Å². The van der Waals surface area contributed by atoms with E-state index in [1.807, 2.05) is 78.9 Å². The number of para-hydroxylation sites is 2. The monoisotopic (exact) mass is 603 g/mol. The Hall–Kier alpha value is -5.78. The Bertz CT molecular complexity index is 2770. The minimum Gasteiger partial charge on any atom is -0.454 e. The van der Waals surface area contributed by atoms with Gasteiger partial charge in [0.15, 0.2) is 23.1 Å². The van der Waals surface area contributed by atoms with Crippen LogP contribution in [-0.4, -0.2) is 19.5 Å². The van der Waals surface area contributed by atoms with E-state index in [4.69, 9.17) is 27.9 Å². The van der Waals surface area contributed by atoms with Crippen LogP contribution < -0.4 is 0 Å². The number of rotatable bonds is 4. The first-order valence-corrected chi connectivity index (χ1v) is 14.7. The summed E-state index contributed by atoms with van der Waals surface area (Å²) in [7, 11) is 0. The van der Waals surface area contributed by atoms with Gasteiger partial charge in [0.25, 0.3) is 0 Å². The van der Waals surface area contributed by atoms with Crippen LogP contribution in [0.25, 0.3) is 83.6 Å². The van der Waals surface area contributed by atoms with Crippen LogP contribution in [0.4, 0.5) is 0 Å². The average molecular weight is 604 g/mol. The van der Waals surface area contributed by atoms with Gasteiger partial charge in [-0.3, -0.25) is 0 Å². The third-order valence-electron chi connectivity index (χ3n) is 8.00. The van der Waals surface area contributed by atoms with Gasteiger partial charge in [-0.25, -0.2) is 15.0 Å². The van der Waals surface area contributed by atoms with Crippen LogP contribution in [-0.2, 0) is 0 Å². The quantitative estimate of drug-likeness (QED) is 0.201. The summed E-state index contributed by atoms with van der Waals surface area (Å²) in [6.45, 7) is 0. The molecule has 0 fully saturated rings. The van der Waals surface area contributed by atoms with E-state index in [1.54, 1.807) is 0 Å². The molecule has 6 heteroatoms. The Morgan fingerprint density at radius 3 is 1.89 bits per heavy atom. The number of aromatic nitrogens is 4. The maximum Gasteiger partial charge on any atom is 0.164 e. The second-order valence-electron chi connectivity index (χ2n) is 10.7. The Morgan fingerprint density at radius 1 is 0.556 bits per heavy atom. The maximum atomic E-state index is 8.57. The first-order chi connectivity index (χ1) is 24.3. The van der Waals surface area contributed by atoms with Gasteiger partial charge in [0.1, 0.15) is 5.58 Å². The standard InChI is InChI=1S/C39H23ClN4O/c40-32-23-27(44-33-17-9-7-15-28(33)29-16-8-10-18-34(29)44)22-31-30-20-19-26(21-35(30)45-36(31)32)39-42-37(24-11-3-1-4-12-24)41-38(43-39)25-13-5-2-6-14-25/h1-23H/i1D,3D,4D,11D,12D. The number of nitrogens with zero attached hydrogens (tertiary/aromatic N) is 4. The van der Waals surface area contributed by atoms with E-state index in [9.17, 15) is 0 Å². The summed E-state index contributed by atoms with van der Waals surface area (Å²) in [5, 5.41) is 4.45. The molecule has 6 aromatic carbocycles. The van der Waals surface area contributed by atoms with Crippen LogP contribution in [0.5, 0.6) is 0 Å². The summed E-state index contributed by atoms with van der Waals surface area (Å²) < 4.78 is 50.2. The van der Waals surface area contributed by atoms with Gasteiger partial charge in [-0.15, -0.1) is 0 Å². The molecule has 3 aromatic heterocycles. The molecular formula is C39H23ClN4O. The zero-order chi connectivity index (χ0) is 34.3. The number of benzene rings is 6. The highest BCUT2D eigenvalue weighted by Crippen LogP contribution is 2.39. The third-order valence-corrected chi connectivity index (χ3v) is 8.28. The Balaban J connectivity index is 1.24. The summed E-state index contributed by atoms with van der Waals surface area (Å²) in [4.78, 5) is 14.0.